The highest BCUT2D eigenvalue weighted by atomic mass is 16.5. The number of furan rings is 1. The van der Waals surface area contributed by atoms with E-state index in [1.165, 1.54) is 19.3 Å². The van der Waals surface area contributed by atoms with Gasteiger partial charge >= 0.3 is 0 Å². The SMILES string of the molecule is O=C(NC[C@H](c1ccco1)N1CCCCC1)[C@@H]1Cc2ccccc2O1. The topological polar surface area (TPSA) is 54.7 Å². The molecule has 1 fully saturated rings. The normalized spacial score (nSPS) is 21.4. The van der Waals surface area contributed by atoms with Crippen LogP contribution in [0.3, 0.4) is 0 Å². The van der Waals surface area contributed by atoms with Gasteiger partial charge in [-0.15, -0.1) is 0 Å². The van der Waals surface area contributed by atoms with Gasteiger partial charge in [-0.2, -0.15) is 0 Å². The number of rotatable bonds is 5. The molecule has 2 atom stereocenters. The number of nitrogens with zero attached hydrogens (tertiary/aromatic N) is 1. The van der Waals surface area contributed by atoms with Crippen LogP contribution < -0.4 is 10.1 Å². The number of nitrogens with one attached hydrogen (secondary N) is 1. The molecule has 0 spiro atoms. The highest BCUT2D eigenvalue weighted by Gasteiger charge is 2.30. The maximum Gasteiger partial charge on any atom is 0.261 e. The van der Waals surface area contributed by atoms with Crippen molar-refractivity contribution in [1.29, 1.82) is 0 Å². The molecule has 1 N–H and O–H groups in total. The van der Waals surface area contributed by atoms with Crippen molar-refractivity contribution in [1.82, 2.24) is 10.2 Å². The Morgan fingerprint density at radius 1 is 1.16 bits per heavy atom. The molecule has 0 saturated carbocycles. The van der Waals surface area contributed by atoms with Gasteiger partial charge in [0.15, 0.2) is 6.10 Å². The van der Waals surface area contributed by atoms with Gasteiger partial charge in [0.05, 0.1) is 12.3 Å². The van der Waals surface area contributed by atoms with Gasteiger partial charge in [0, 0.05) is 13.0 Å². The van der Waals surface area contributed by atoms with Crippen molar-refractivity contribution in [3.63, 3.8) is 0 Å². The van der Waals surface area contributed by atoms with Crippen molar-refractivity contribution >= 4 is 5.91 Å². The van der Waals surface area contributed by atoms with Crippen LogP contribution in [0.15, 0.2) is 47.1 Å². The Morgan fingerprint density at radius 3 is 2.76 bits per heavy atom. The van der Waals surface area contributed by atoms with E-state index in [1.807, 2.05) is 36.4 Å². The number of likely N-dealkylation sites (tertiary alicyclic amines) is 1. The number of fused-ring (bicyclic) bond motifs is 1. The Kier molecular flexibility index (Phi) is 4.74. The molecule has 0 radical (unpaired) electrons. The Balaban J connectivity index is 1.39. The standard InChI is InChI=1S/C20H24N2O3/c23-20(19-13-15-7-2-3-8-17(15)25-19)21-14-16(18-9-6-12-24-18)22-10-4-1-5-11-22/h2-3,6-9,12,16,19H,1,4-5,10-11,13-14H2,(H,21,23)/t16-,19+/m1/s1. The van der Waals surface area contributed by atoms with Crippen molar-refractivity contribution in [3.05, 3.63) is 54.0 Å². The highest BCUT2D eigenvalue weighted by Crippen LogP contribution is 2.29. The number of hydrogen-bond acceptors (Lipinski definition) is 4. The predicted molar refractivity (Wildman–Crippen MR) is 94.4 cm³/mol. The molecule has 4 rings (SSSR count). The minimum Gasteiger partial charge on any atom is -0.480 e. The van der Waals surface area contributed by atoms with Crippen LogP contribution in [-0.2, 0) is 11.2 Å². The molecule has 5 nitrogen and oxygen atoms in total. The summed E-state index contributed by atoms with van der Waals surface area (Å²) in [5, 5.41) is 3.08. The zero-order chi connectivity index (χ0) is 17.1. The quantitative estimate of drug-likeness (QED) is 0.909. The number of piperidine rings is 1. The van der Waals surface area contributed by atoms with Crippen molar-refractivity contribution in [2.24, 2.45) is 0 Å². The summed E-state index contributed by atoms with van der Waals surface area (Å²) in [4.78, 5) is 15.0. The van der Waals surface area contributed by atoms with Gasteiger partial charge in [-0.1, -0.05) is 24.6 Å². The summed E-state index contributed by atoms with van der Waals surface area (Å²) in [7, 11) is 0. The minimum atomic E-state index is -0.434. The summed E-state index contributed by atoms with van der Waals surface area (Å²) in [5.74, 6) is 1.68. The molecule has 2 aliphatic heterocycles. The molecule has 2 aromatic rings. The number of benzene rings is 1. The molecule has 0 unspecified atom stereocenters. The van der Waals surface area contributed by atoms with Crippen LogP contribution in [0.5, 0.6) is 5.75 Å². The zero-order valence-electron chi connectivity index (χ0n) is 14.3. The minimum absolute atomic E-state index is 0.0511. The molecule has 1 saturated heterocycles. The second-order valence-electron chi connectivity index (χ2n) is 6.79. The van der Waals surface area contributed by atoms with Crippen molar-refractivity contribution < 1.29 is 13.9 Å². The van der Waals surface area contributed by atoms with E-state index in [-0.39, 0.29) is 11.9 Å². The lowest BCUT2D eigenvalue weighted by atomic mass is 10.1. The first-order chi connectivity index (χ1) is 12.3. The van der Waals surface area contributed by atoms with E-state index >= 15 is 0 Å². The summed E-state index contributed by atoms with van der Waals surface area (Å²) in [6.45, 7) is 2.64. The van der Waals surface area contributed by atoms with E-state index in [0.717, 1.165) is 30.2 Å². The fourth-order valence-electron chi connectivity index (χ4n) is 3.76. The van der Waals surface area contributed by atoms with Crippen molar-refractivity contribution in [2.75, 3.05) is 19.6 Å². The van der Waals surface area contributed by atoms with Gasteiger partial charge in [-0.05, 0) is 49.7 Å². The molecule has 3 heterocycles. The predicted octanol–water partition coefficient (Wildman–Crippen LogP) is 2.93. The number of carbonyl (C=O) groups is 1. The van der Waals surface area contributed by atoms with Crippen LogP contribution in [-0.4, -0.2) is 36.5 Å². The van der Waals surface area contributed by atoms with Crippen molar-refractivity contribution in [2.45, 2.75) is 37.8 Å². The molecule has 132 valence electrons. The van der Waals surface area contributed by atoms with Gasteiger partial charge in [-0.25, -0.2) is 0 Å². The number of amides is 1. The monoisotopic (exact) mass is 340 g/mol. The van der Waals surface area contributed by atoms with E-state index in [1.54, 1.807) is 6.26 Å². The molecule has 1 aromatic heterocycles. The molecule has 5 heteroatoms. The van der Waals surface area contributed by atoms with Gasteiger partial charge < -0.3 is 14.5 Å². The van der Waals surface area contributed by atoms with Crippen LogP contribution >= 0.6 is 0 Å². The van der Waals surface area contributed by atoms with Gasteiger partial charge in [0.25, 0.3) is 5.91 Å². The van der Waals surface area contributed by atoms with E-state index in [2.05, 4.69) is 10.2 Å². The van der Waals surface area contributed by atoms with E-state index in [4.69, 9.17) is 9.15 Å². The molecule has 2 aliphatic rings. The number of ether oxygens (including phenoxy) is 1. The van der Waals surface area contributed by atoms with E-state index < -0.39 is 6.10 Å². The lowest BCUT2D eigenvalue weighted by Gasteiger charge is -2.33. The Bertz CT molecular complexity index is 682. The Morgan fingerprint density at radius 2 is 2.00 bits per heavy atom. The number of carbonyl (C=O) groups excluding carboxylic acids is 1. The fraction of sp³-hybridized carbons (Fsp3) is 0.450. The largest absolute Gasteiger partial charge is 0.480 e. The first-order valence-electron chi connectivity index (χ1n) is 9.11. The molecule has 1 aromatic carbocycles. The van der Waals surface area contributed by atoms with Crippen LogP contribution in [0.1, 0.15) is 36.6 Å². The summed E-state index contributed by atoms with van der Waals surface area (Å²) >= 11 is 0. The van der Waals surface area contributed by atoms with Crippen LogP contribution in [0.2, 0.25) is 0 Å². The van der Waals surface area contributed by atoms with Crippen LogP contribution in [0, 0.1) is 0 Å². The maximum atomic E-state index is 12.6. The average molecular weight is 340 g/mol. The lowest BCUT2D eigenvalue weighted by Crippen LogP contribution is -2.44. The molecule has 25 heavy (non-hydrogen) atoms. The third kappa shape index (κ3) is 3.56. The lowest BCUT2D eigenvalue weighted by molar-refractivity contribution is -0.127. The smallest absolute Gasteiger partial charge is 0.261 e. The molecule has 0 aliphatic carbocycles. The van der Waals surface area contributed by atoms with E-state index in [0.29, 0.717) is 13.0 Å². The van der Waals surface area contributed by atoms with Gasteiger partial charge in [0.2, 0.25) is 0 Å². The highest BCUT2D eigenvalue weighted by molar-refractivity contribution is 5.82. The molecular formula is C20H24N2O3. The van der Waals surface area contributed by atoms with Crippen molar-refractivity contribution in [3.8, 4) is 5.75 Å². The summed E-state index contributed by atoms with van der Waals surface area (Å²) in [5.41, 5.74) is 1.10. The second kappa shape index (κ2) is 7.31. The first kappa shape index (κ1) is 16.2. The van der Waals surface area contributed by atoms with Crippen LogP contribution in [0.25, 0.3) is 0 Å². The third-order valence-corrected chi connectivity index (χ3v) is 5.11. The fourth-order valence-corrected chi connectivity index (χ4v) is 3.76. The average Bonchev–Trinajstić information content (AvgIpc) is 3.32. The van der Waals surface area contributed by atoms with Gasteiger partial charge in [-0.3, -0.25) is 9.69 Å². The number of hydrogen-bond donors (Lipinski definition) is 1. The van der Waals surface area contributed by atoms with E-state index in [9.17, 15) is 4.79 Å². The van der Waals surface area contributed by atoms with Crippen LogP contribution in [0.4, 0.5) is 0 Å². The summed E-state index contributed by atoms with van der Waals surface area (Å²) in [6, 6.07) is 11.8. The zero-order valence-corrected chi connectivity index (χ0v) is 14.3. The summed E-state index contributed by atoms with van der Waals surface area (Å²) < 4.78 is 11.4. The molecule has 0 bridgehead atoms. The molecular weight excluding hydrogens is 316 g/mol. The first-order valence-corrected chi connectivity index (χ1v) is 9.11. The number of para-hydroxylation sites is 1. The Labute approximate surface area is 148 Å². The summed E-state index contributed by atoms with van der Waals surface area (Å²) in [6.07, 6.45) is 5.58. The molecule has 1 amide bonds. The second-order valence-corrected chi connectivity index (χ2v) is 6.79. The third-order valence-electron chi connectivity index (χ3n) is 5.11. The maximum absolute atomic E-state index is 12.6. The Hall–Kier alpha value is -2.27. The van der Waals surface area contributed by atoms with Gasteiger partial charge in [0.1, 0.15) is 11.5 Å².